The summed E-state index contributed by atoms with van der Waals surface area (Å²) in [4.78, 5) is 39.7. The van der Waals surface area contributed by atoms with E-state index < -0.39 is 29.9 Å². The summed E-state index contributed by atoms with van der Waals surface area (Å²) < 4.78 is 0. The Balaban J connectivity index is 2.72. The molecule has 0 radical (unpaired) electrons. The zero-order valence-corrected chi connectivity index (χ0v) is 15.4. The second-order valence-corrected chi connectivity index (χ2v) is 6.24. The summed E-state index contributed by atoms with van der Waals surface area (Å²) in [6.07, 6.45) is 1.81. The van der Waals surface area contributed by atoms with Gasteiger partial charge in [-0.25, -0.2) is 0 Å². The van der Waals surface area contributed by atoms with E-state index in [1.165, 1.54) is 6.92 Å². The van der Waals surface area contributed by atoms with E-state index in [1.807, 2.05) is 30.3 Å². The van der Waals surface area contributed by atoms with Crippen LogP contribution in [0.4, 0.5) is 0 Å². The maximum Gasteiger partial charge on any atom is 0.243 e. The van der Waals surface area contributed by atoms with Crippen LogP contribution in [-0.4, -0.2) is 48.7 Å². The smallest absolute Gasteiger partial charge is 0.243 e. The van der Waals surface area contributed by atoms with Crippen molar-refractivity contribution in [1.29, 1.82) is 0 Å². The quantitative estimate of drug-likeness (QED) is 0.141. The zero-order chi connectivity index (χ0) is 20.2. The predicted octanol–water partition coefficient (Wildman–Crippen LogP) is -1.20. The van der Waals surface area contributed by atoms with Crippen molar-refractivity contribution in [2.75, 3.05) is 6.54 Å². The Morgan fingerprint density at radius 3 is 2.37 bits per heavy atom. The molecule has 0 aliphatic heterocycles. The first-order chi connectivity index (χ1) is 12.8. The molecule has 0 bridgehead atoms. The summed E-state index contributed by atoms with van der Waals surface area (Å²) in [6, 6.07) is 7.02. The zero-order valence-electron chi connectivity index (χ0n) is 15.4. The molecule has 1 aromatic carbocycles. The van der Waals surface area contributed by atoms with Gasteiger partial charge < -0.3 is 32.6 Å². The fourth-order valence-corrected chi connectivity index (χ4v) is 2.36. The first-order valence-electron chi connectivity index (χ1n) is 8.74. The molecule has 0 saturated heterocycles. The number of nitrogens with zero attached hydrogens (tertiary/aromatic N) is 1. The number of nitrogens with two attached hydrogens (primary N) is 3. The SMILES string of the molecule is CC(N)C(=O)NC(CCCN=C(N)N)C(=O)NC(C=O)Cc1ccccc1. The number of rotatable bonds is 11. The number of carbonyl (C=O) groups excluding carboxylic acids is 3. The van der Waals surface area contributed by atoms with Gasteiger partial charge in [0.05, 0.1) is 12.1 Å². The summed E-state index contributed by atoms with van der Waals surface area (Å²) in [5, 5.41) is 5.26. The normalized spacial score (nSPS) is 13.7. The van der Waals surface area contributed by atoms with E-state index in [1.54, 1.807) is 0 Å². The van der Waals surface area contributed by atoms with Crippen molar-refractivity contribution in [1.82, 2.24) is 10.6 Å². The number of guanidine groups is 1. The second kappa shape index (κ2) is 11.6. The summed E-state index contributed by atoms with van der Waals surface area (Å²) in [5.41, 5.74) is 17.0. The van der Waals surface area contributed by atoms with Crippen molar-refractivity contribution in [2.24, 2.45) is 22.2 Å². The molecule has 0 aromatic heterocycles. The molecule has 1 rings (SSSR count). The number of hydrogen-bond donors (Lipinski definition) is 5. The van der Waals surface area contributed by atoms with Crippen molar-refractivity contribution in [3.05, 3.63) is 35.9 Å². The van der Waals surface area contributed by atoms with E-state index in [2.05, 4.69) is 15.6 Å². The lowest BCUT2D eigenvalue weighted by atomic mass is 10.1. The lowest BCUT2D eigenvalue weighted by Gasteiger charge is -2.21. The van der Waals surface area contributed by atoms with Crippen molar-refractivity contribution >= 4 is 24.1 Å². The fourth-order valence-electron chi connectivity index (χ4n) is 2.36. The minimum atomic E-state index is -0.837. The minimum absolute atomic E-state index is 0.0421. The van der Waals surface area contributed by atoms with Crippen LogP contribution in [0.5, 0.6) is 0 Å². The largest absolute Gasteiger partial charge is 0.370 e. The molecule has 148 valence electrons. The van der Waals surface area contributed by atoms with E-state index >= 15 is 0 Å². The van der Waals surface area contributed by atoms with Crippen LogP contribution < -0.4 is 27.8 Å². The van der Waals surface area contributed by atoms with Gasteiger partial charge in [0.25, 0.3) is 0 Å². The third-order valence-electron chi connectivity index (χ3n) is 3.78. The number of nitrogens with one attached hydrogen (secondary N) is 2. The van der Waals surface area contributed by atoms with Gasteiger partial charge in [0.2, 0.25) is 11.8 Å². The maximum atomic E-state index is 12.6. The van der Waals surface area contributed by atoms with Crippen LogP contribution in [0.25, 0.3) is 0 Å². The topological polar surface area (TPSA) is 166 Å². The van der Waals surface area contributed by atoms with Gasteiger partial charge in [-0.1, -0.05) is 30.3 Å². The summed E-state index contributed by atoms with van der Waals surface area (Å²) in [5.74, 6) is -0.955. The first kappa shape index (κ1) is 22.1. The van der Waals surface area contributed by atoms with E-state index in [0.29, 0.717) is 32.1 Å². The molecule has 0 heterocycles. The molecule has 9 heteroatoms. The van der Waals surface area contributed by atoms with E-state index in [-0.39, 0.29) is 5.96 Å². The molecule has 1 aromatic rings. The molecule has 3 unspecified atom stereocenters. The Kier molecular flexibility index (Phi) is 9.52. The molecule has 8 N–H and O–H groups in total. The molecule has 0 aliphatic rings. The van der Waals surface area contributed by atoms with Crippen molar-refractivity contribution in [2.45, 2.75) is 44.3 Å². The molecule has 27 heavy (non-hydrogen) atoms. The number of aldehydes is 1. The van der Waals surface area contributed by atoms with Gasteiger partial charge >= 0.3 is 0 Å². The molecule has 0 spiro atoms. The third-order valence-corrected chi connectivity index (χ3v) is 3.78. The molecule has 0 fully saturated rings. The highest BCUT2D eigenvalue weighted by Gasteiger charge is 2.24. The lowest BCUT2D eigenvalue weighted by molar-refractivity contribution is -0.130. The third kappa shape index (κ3) is 8.82. The summed E-state index contributed by atoms with van der Waals surface area (Å²) in [7, 11) is 0. The van der Waals surface area contributed by atoms with Crippen LogP contribution in [0, 0.1) is 0 Å². The van der Waals surface area contributed by atoms with Crippen molar-refractivity contribution in [3.63, 3.8) is 0 Å². The molecule has 0 saturated carbocycles. The number of amides is 2. The lowest BCUT2D eigenvalue weighted by Crippen LogP contribution is -2.53. The second-order valence-electron chi connectivity index (χ2n) is 6.24. The molecular formula is C18H28N6O3. The van der Waals surface area contributed by atoms with Gasteiger partial charge in [-0.05, 0) is 31.7 Å². The Morgan fingerprint density at radius 1 is 1.15 bits per heavy atom. The van der Waals surface area contributed by atoms with Crippen LogP contribution in [0.1, 0.15) is 25.3 Å². The first-order valence-corrected chi connectivity index (χ1v) is 8.74. The van der Waals surface area contributed by atoms with Gasteiger partial charge in [0, 0.05) is 6.54 Å². The average molecular weight is 376 g/mol. The highest BCUT2D eigenvalue weighted by Crippen LogP contribution is 2.04. The molecule has 9 nitrogen and oxygen atoms in total. The average Bonchev–Trinajstić information content (AvgIpc) is 2.63. The van der Waals surface area contributed by atoms with Crippen LogP contribution in [-0.2, 0) is 20.8 Å². The number of hydrogen-bond acceptors (Lipinski definition) is 5. The monoisotopic (exact) mass is 376 g/mol. The van der Waals surface area contributed by atoms with Crippen molar-refractivity contribution in [3.8, 4) is 0 Å². The highest BCUT2D eigenvalue weighted by molar-refractivity contribution is 5.90. The molecular weight excluding hydrogens is 348 g/mol. The minimum Gasteiger partial charge on any atom is -0.370 e. The van der Waals surface area contributed by atoms with E-state index in [0.717, 1.165) is 5.56 Å². The summed E-state index contributed by atoms with van der Waals surface area (Å²) in [6.45, 7) is 1.84. The van der Waals surface area contributed by atoms with E-state index in [4.69, 9.17) is 17.2 Å². The Hall–Kier alpha value is -2.94. The van der Waals surface area contributed by atoms with Gasteiger partial charge in [-0.3, -0.25) is 14.6 Å². The van der Waals surface area contributed by atoms with Crippen LogP contribution >= 0.6 is 0 Å². The predicted molar refractivity (Wildman–Crippen MR) is 104 cm³/mol. The Labute approximate surface area is 158 Å². The molecule has 3 atom stereocenters. The van der Waals surface area contributed by atoms with Crippen LogP contribution in [0.15, 0.2) is 35.3 Å². The standard InChI is InChI=1S/C18H28N6O3/c1-12(19)16(26)24-15(8-5-9-22-18(20)21)17(27)23-14(11-25)10-13-6-3-2-4-7-13/h2-4,6-7,11-12,14-15H,5,8-10,19H2,1H3,(H,23,27)(H,24,26)(H4,20,21,22). The number of benzene rings is 1. The molecule has 0 aliphatic carbocycles. The number of carbonyl (C=O) groups is 3. The fraction of sp³-hybridized carbons (Fsp3) is 0.444. The van der Waals surface area contributed by atoms with Gasteiger partial charge in [-0.2, -0.15) is 0 Å². The number of aliphatic imine (C=N–C) groups is 1. The maximum absolute atomic E-state index is 12.6. The Morgan fingerprint density at radius 2 is 1.81 bits per heavy atom. The summed E-state index contributed by atoms with van der Waals surface area (Å²) >= 11 is 0. The Bertz CT molecular complexity index is 644. The highest BCUT2D eigenvalue weighted by atomic mass is 16.2. The van der Waals surface area contributed by atoms with Gasteiger partial charge in [-0.15, -0.1) is 0 Å². The van der Waals surface area contributed by atoms with E-state index in [9.17, 15) is 14.4 Å². The van der Waals surface area contributed by atoms with Crippen LogP contribution in [0.3, 0.4) is 0 Å². The molecule has 2 amide bonds. The van der Waals surface area contributed by atoms with Gasteiger partial charge in [0.15, 0.2) is 5.96 Å². The van der Waals surface area contributed by atoms with Crippen molar-refractivity contribution < 1.29 is 14.4 Å². The van der Waals surface area contributed by atoms with Crippen LogP contribution in [0.2, 0.25) is 0 Å². The van der Waals surface area contributed by atoms with Gasteiger partial charge in [0.1, 0.15) is 12.3 Å².